The van der Waals surface area contributed by atoms with Crippen molar-refractivity contribution < 1.29 is 0 Å². The number of H-pyrrole nitrogens is 1. The van der Waals surface area contributed by atoms with Crippen LogP contribution in [-0.4, -0.2) is 9.97 Å². The van der Waals surface area contributed by atoms with E-state index in [1.165, 1.54) is 16.7 Å². The van der Waals surface area contributed by atoms with E-state index in [2.05, 4.69) is 41.2 Å². The molecule has 2 aromatic rings. The molecule has 0 spiro atoms. The Kier molecular flexibility index (Phi) is 3.42. The van der Waals surface area contributed by atoms with Gasteiger partial charge in [-0.3, -0.25) is 0 Å². The first-order chi connectivity index (χ1) is 9.22. The van der Waals surface area contributed by atoms with E-state index in [0.717, 1.165) is 35.7 Å². The number of hydrogen-bond acceptors (Lipinski definition) is 3. The van der Waals surface area contributed by atoms with Gasteiger partial charge in [0.2, 0.25) is 0 Å². The first-order valence-electron chi connectivity index (χ1n) is 6.53. The molecule has 3 nitrogen and oxygen atoms in total. The van der Waals surface area contributed by atoms with Gasteiger partial charge >= 0.3 is 5.69 Å². The second-order valence-corrected chi connectivity index (χ2v) is 5.90. The van der Waals surface area contributed by atoms with Crippen LogP contribution in [0, 0.1) is 6.92 Å². The van der Waals surface area contributed by atoms with Gasteiger partial charge in [-0.1, -0.05) is 29.8 Å². The third-order valence-electron chi connectivity index (χ3n) is 3.39. The van der Waals surface area contributed by atoms with Crippen LogP contribution in [0.15, 0.2) is 34.1 Å². The first kappa shape index (κ1) is 12.5. The molecule has 19 heavy (non-hydrogen) atoms. The Morgan fingerprint density at radius 1 is 1.37 bits per heavy atom. The van der Waals surface area contributed by atoms with Crippen LogP contribution >= 0.6 is 11.8 Å². The van der Waals surface area contributed by atoms with Crippen LogP contribution in [0.5, 0.6) is 0 Å². The van der Waals surface area contributed by atoms with E-state index < -0.39 is 0 Å². The molecule has 0 amide bonds. The normalized spacial score (nSPS) is 13.5. The molecule has 0 radical (unpaired) electrons. The number of benzene rings is 1. The van der Waals surface area contributed by atoms with Gasteiger partial charge in [-0.05, 0) is 31.7 Å². The lowest BCUT2D eigenvalue weighted by molar-refractivity contribution is 0.895. The van der Waals surface area contributed by atoms with Gasteiger partial charge in [0, 0.05) is 17.0 Å². The van der Waals surface area contributed by atoms with Crippen molar-refractivity contribution in [1.29, 1.82) is 0 Å². The summed E-state index contributed by atoms with van der Waals surface area (Å²) >= 11 is 1.67. The summed E-state index contributed by atoms with van der Waals surface area (Å²) in [5.74, 6) is 0.866. The molecule has 1 aromatic heterocycles. The number of rotatable bonds is 3. The third kappa shape index (κ3) is 2.73. The molecule has 0 saturated carbocycles. The Balaban J connectivity index is 1.83. The van der Waals surface area contributed by atoms with Gasteiger partial charge in [-0.25, -0.2) is 4.79 Å². The van der Waals surface area contributed by atoms with Gasteiger partial charge in [0.1, 0.15) is 5.03 Å². The highest BCUT2D eigenvalue weighted by molar-refractivity contribution is 7.98. The molecule has 0 saturated heterocycles. The van der Waals surface area contributed by atoms with Crippen molar-refractivity contribution in [3.8, 4) is 0 Å². The maximum atomic E-state index is 11.5. The van der Waals surface area contributed by atoms with E-state index in [4.69, 9.17) is 0 Å². The van der Waals surface area contributed by atoms with Crippen molar-refractivity contribution in [2.75, 3.05) is 0 Å². The summed E-state index contributed by atoms with van der Waals surface area (Å²) in [6, 6.07) is 8.46. The Bertz CT molecular complexity index is 663. The molecule has 0 unspecified atom stereocenters. The molecule has 1 aliphatic carbocycles. The molecule has 1 aromatic carbocycles. The second-order valence-electron chi connectivity index (χ2n) is 4.94. The lowest BCUT2D eigenvalue weighted by Crippen LogP contribution is -2.14. The highest BCUT2D eigenvalue weighted by atomic mass is 32.2. The quantitative estimate of drug-likeness (QED) is 0.690. The zero-order chi connectivity index (χ0) is 13.2. The summed E-state index contributed by atoms with van der Waals surface area (Å²) in [6.07, 6.45) is 3.13. The number of aryl methyl sites for hydroxylation is 2. The molecule has 1 N–H and O–H groups in total. The van der Waals surface area contributed by atoms with Crippen molar-refractivity contribution in [3.05, 3.63) is 57.1 Å². The molecule has 3 rings (SSSR count). The number of nitrogens with one attached hydrogen (secondary N) is 1. The largest absolute Gasteiger partial charge is 0.346 e. The average molecular weight is 272 g/mol. The summed E-state index contributed by atoms with van der Waals surface area (Å²) < 4.78 is 0. The van der Waals surface area contributed by atoms with Crippen LogP contribution < -0.4 is 5.69 Å². The number of nitrogens with zero attached hydrogens (tertiary/aromatic N) is 1. The maximum absolute atomic E-state index is 11.5. The molecule has 0 bridgehead atoms. The second kappa shape index (κ2) is 5.21. The maximum Gasteiger partial charge on any atom is 0.346 e. The Morgan fingerprint density at radius 3 is 3.11 bits per heavy atom. The Morgan fingerprint density at radius 2 is 2.26 bits per heavy atom. The average Bonchev–Trinajstić information content (AvgIpc) is 2.84. The fourth-order valence-electron chi connectivity index (χ4n) is 2.51. The minimum absolute atomic E-state index is 0.215. The molecule has 98 valence electrons. The van der Waals surface area contributed by atoms with Crippen LogP contribution in [0.2, 0.25) is 0 Å². The molecule has 0 fully saturated rings. The minimum atomic E-state index is -0.215. The van der Waals surface area contributed by atoms with E-state index in [1.54, 1.807) is 11.8 Å². The van der Waals surface area contributed by atoms with E-state index in [-0.39, 0.29) is 5.69 Å². The molecule has 0 aliphatic heterocycles. The standard InChI is InChI=1S/C15H16N2OS/c1-10-4-2-5-11(8-10)9-19-14-12-6-3-7-13(12)16-15(18)17-14/h2,4-5,8H,3,6-7,9H2,1H3,(H,16,17,18). The van der Waals surface area contributed by atoms with Crippen LogP contribution in [0.1, 0.15) is 28.8 Å². The van der Waals surface area contributed by atoms with Crippen LogP contribution in [0.3, 0.4) is 0 Å². The highest BCUT2D eigenvalue weighted by Crippen LogP contribution is 2.29. The Labute approximate surface area is 116 Å². The van der Waals surface area contributed by atoms with Gasteiger partial charge < -0.3 is 4.98 Å². The summed E-state index contributed by atoms with van der Waals surface area (Å²) in [6.45, 7) is 2.09. The van der Waals surface area contributed by atoms with Gasteiger partial charge in [0.25, 0.3) is 0 Å². The first-order valence-corrected chi connectivity index (χ1v) is 7.51. The van der Waals surface area contributed by atoms with Crippen LogP contribution in [0.25, 0.3) is 0 Å². The summed E-state index contributed by atoms with van der Waals surface area (Å²) in [7, 11) is 0. The number of fused-ring (bicyclic) bond motifs is 1. The monoisotopic (exact) mass is 272 g/mol. The third-order valence-corrected chi connectivity index (χ3v) is 4.48. The van der Waals surface area contributed by atoms with E-state index in [0.29, 0.717) is 0 Å². The minimum Gasteiger partial charge on any atom is -0.309 e. The Hall–Kier alpha value is -1.55. The molecular formula is C15H16N2OS. The SMILES string of the molecule is Cc1cccc(CSc2nc(=O)[nH]c3c2CCC3)c1. The van der Waals surface area contributed by atoms with Crippen LogP contribution in [-0.2, 0) is 18.6 Å². The van der Waals surface area contributed by atoms with E-state index >= 15 is 0 Å². The van der Waals surface area contributed by atoms with E-state index in [9.17, 15) is 4.79 Å². The highest BCUT2D eigenvalue weighted by Gasteiger charge is 2.17. The zero-order valence-corrected chi connectivity index (χ0v) is 11.7. The van der Waals surface area contributed by atoms with Crippen molar-refractivity contribution in [3.63, 3.8) is 0 Å². The topological polar surface area (TPSA) is 45.8 Å². The van der Waals surface area contributed by atoms with E-state index in [1.807, 2.05) is 0 Å². The summed E-state index contributed by atoms with van der Waals surface area (Å²) in [4.78, 5) is 18.5. The van der Waals surface area contributed by atoms with Crippen molar-refractivity contribution in [2.24, 2.45) is 0 Å². The summed E-state index contributed by atoms with van der Waals surface area (Å²) in [5, 5.41) is 0.915. The van der Waals surface area contributed by atoms with Crippen molar-refractivity contribution in [1.82, 2.24) is 9.97 Å². The molecule has 4 heteroatoms. The fourth-order valence-corrected chi connectivity index (χ4v) is 3.54. The number of hydrogen-bond donors (Lipinski definition) is 1. The van der Waals surface area contributed by atoms with Gasteiger partial charge in [0.05, 0.1) is 0 Å². The van der Waals surface area contributed by atoms with Crippen molar-refractivity contribution in [2.45, 2.75) is 37.0 Å². The lowest BCUT2D eigenvalue weighted by atomic mass is 10.2. The fraction of sp³-hybridized carbons (Fsp3) is 0.333. The summed E-state index contributed by atoms with van der Waals surface area (Å²) in [5.41, 5.74) is 4.66. The number of aromatic amines is 1. The zero-order valence-electron chi connectivity index (χ0n) is 10.9. The van der Waals surface area contributed by atoms with Crippen LogP contribution in [0.4, 0.5) is 0 Å². The predicted octanol–water partition coefficient (Wildman–Crippen LogP) is 2.86. The van der Waals surface area contributed by atoms with Gasteiger partial charge in [-0.15, -0.1) is 11.8 Å². The number of aromatic nitrogens is 2. The molecule has 0 atom stereocenters. The lowest BCUT2D eigenvalue weighted by Gasteiger charge is -2.06. The van der Waals surface area contributed by atoms with Gasteiger partial charge in [0.15, 0.2) is 0 Å². The molecule has 1 heterocycles. The molecule has 1 aliphatic rings. The van der Waals surface area contributed by atoms with Crippen molar-refractivity contribution >= 4 is 11.8 Å². The molecular weight excluding hydrogens is 256 g/mol. The van der Waals surface area contributed by atoms with Gasteiger partial charge in [-0.2, -0.15) is 4.98 Å². The smallest absolute Gasteiger partial charge is 0.309 e. The number of thioether (sulfide) groups is 1. The predicted molar refractivity (Wildman–Crippen MR) is 77.6 cm³/mol.